The van der Waals surface area contributed by atoms with Crippen LogP contribution in [0.15, 0.2) is 12.1 Å². The lowest BCUT2D eigenvalue weighted by atomic mass is 10.1. The normalized spacial score (nSPS) is 18.0. The van der Waals surface area contributed by atoms with Crippen LogP contribution in [0.25, 0.3) is 0 Å². The molecule has 2 rings (SSSR count). The third kappa shape index (κ3) is 6.00. The van der Waals surface area contributed by atoms with Crippen molar-refractivity contribution in [2.45, 2.75) is 26.2 Å². The first-order chi connectivity index (χ1) is 12.8. The topological polar surface area (TPSA) is 111 Å². The SMILES string of the molecule is CCCOc1c(Cl)cc(C(=O)NNC(=O)CC2CCS(=O)(=O)C2)cc1OC. The van der Waals surface area contributed by atoms with E-state index in [0.717, 1.165) is 6.42 Å². The highest BCUT2D eigenvalue weighted by Crippen LogP contribution is 2.36. The van der Waals surface area contributed by atoms with E-state index in [4.69, 9.17) is 21.1 Å². The zero-order valence-corrected chi connectivity index (χ0v) is 16.8. The van der Waals surface area contributed by atoms with E-state index < -0.39 is 21.7 Å². The summed E-state index contributed by atoms with van der Waals surface area (Å²) in [6.45, 7) is 2.40. The van der Waals surface area contributed by atoms with E-state index in [9.17, 15) is 18.0 Å². The van der Waals surface area contributed by atoms with E-state index in [0.29, 0.717) is 24.5 Å². The number of carbonyl (C=O) groups is 2. The van der Waals surface area contributed by atoms with E-state index in [1.165, 1.54) is 19.2 Å². The highest BCUT2D eigenvalue weighted by molar-refractivity contribution is 7.91. The van der Waals surface area contributed by atoms with Crippen LogP contribution in [0.1, 0.15) is 36.5 Å². The summed E-state index contributed by atoms with van der Waals surface area (Å²) in [5.41, 5.74) is 4.77. The summed E-state index contributed by atoms with van der Waals surface area (Å²) in [6.07, 6.45) is 1.28. The number of sulfone groups is 1. The van der Waals surface area contributed by atoms with E-state index in [1.807, 2.05) is 6.92 Å². The molecule has 8 nitrogen and oxygen atoms in total. The Morgan fingerprint density at radius 1 is 1.30 bits per heavy atom. The predicted molar refractivity (Wildman–Crippen MR) is 101 cm³/mol. The summed E-state index contributed by atoms with van der Waals surface area (Å²) >= 11 is 6.17. The zero-order chi connectivity index (χ0) is 20.0. The van der Waals surface area contributed by atoms with Crippen molar-refractivity contribution in [3.8, 4) is 11.5 Å². The van der Waals surface area contributed by atoms with Gasteiger partial charge in [-0.05, 0) is 30.9 Å². The average Bonchev–Trinajstić information content (AvgIpc) is 2.96. The van der Waals surface area contributed by atoms with Crippen LogP contribution in [-0.4, -0.2) is 45.5 Å². The van der Waals surface area contributed by atoms with E-state index in [1.54, 1.807) is 0 Å². The number of hydrazine groups is 1. The van der Waals surface area contributed by atoms with Gasteiger partial charge in [-0.25, -0.2) is 8.42 Å². The monoisotopic (exact) mass is 418 g/mol. The Labute approximate surface area is 163 Å². The molecule has 0 aliphatic carbocycles. The lowest BCUT2D eigenvalue weighted by Gasteiger charge is -2.14. The van der Waals surface area contributed by atoms with Crippen LogP contribution < -0.4 is 20.3 Å². The minimum Gasteiger partial charge on any atom is -0.493 e. The third-order valence-corrected chi connectivity index (χ3v) is 6.18. The summed E-state index contributed by atoms with van der Waals surface area (Å²) in [5, 5.41) is 0.218. The molecule has 2 N–H and O–H groups in total. The van der Waals surface area contributed by atoms with E-state index >= 15 is 0 Å². The van der Waals surface area contributed by atoms with Crippen molar-refractivity contribution in [3.63, 3.8) is 0 Å². The second-order valence-corrected chi connectivity index (χ2v) is 8.95. The fourth-order valence-electron chi connectivity index (χ4n) is 2.74. The van der Waals surface area contributed by atoms with Crippen molar-refractivity contribution in [1.29, 1.82) is 0 Å². The minimum absolute atomic E-state index is 0.000392. The number of halogens is 1. The number of benzene rings is 1. The number of methoxy groups -OCH3 is 1. The molecule has 27 heavy (non-hydrogen) atoms. The number of amides is 2. The van der Waals surface area contributed by atoms with Gasteiger partial charge in [0, 0.05) is 12.0 Å². The minimum atomic E-state index is -3.05. The van der Waals surface area contributed by atoms with Crippen molar-refractivity contribution >= 4 is 33.3 Å². The van der Waals surface area contributed by atoms with Gasteiger partial charge in [0.25, 0.3) is 5.91 Å². The lowest BCUT2D eigenvalue weighted by molar-refractivity contribution is -0.122. The van der Waals surface area contributed by atoms with Gasteiger partial charge in [0.2, 0.25) is 5.91 Å². The molecule has 0 aromatic heterocycles. The highest BCUT2D eigenvalue weighted by Gasteiger charge is 2.29. The van der Waals surface area contributed by atoms with Gasteiger partial charge in [0.15, 0.2) is 21.3 Å². The molecule has 0 bridgehead atoms. The van der Waals surface area contributed by atoms with Gasteiger partial charge in [-0.2, -0.15) is 0 Å². The van der Waals surface area contributed by atoms with Crippen LogP contribution >= 0.6 is 11.6 Å². The molecular weight excluding hydrogens is 396 g/mol. The molecule has 150 valence electrons. The summed E-state index contributed by atoms with van der Waals surface area (Å²) in [6, 6.07) is 2.88. The number of ether oxygens (including phenoxy) is 2. The molecule has 1 fully saturated rings. The molecule has 1 atom stereocenters. The van der Waals surface area contributed by atoms with Gasteiger partial charge in [-0.3, -0.25) is 20.4 Å². The maximum Gasteiger partial charge on any atom is 0.269 e. The fourth-order valence-corrected chi connectivity index (χ4v) is 4.87. The third-order valence-electron chi connectivity index (χ3n) is 4.06. The van der Waals surface area contributed by atoms with Gasteiger partial charge in [-0.15, -0.1) is 0 Å². The van der Waals surface area contributed by atoms with Gasteiger partial charge < -0.3 is 9.47 Å². The first-order valence-electron chi connectivity index (χ1n) is 8.55. The lowest BCUT2D eigenvalue weighted by Crippen LogP contribution is -2.42. The molecule has 0 radical (unpaired) electrons. The molecule has 1 aromatic rings. The van der Waals surface area contributed by atoms with Crippen molar-refractivity contribution in [2.75, 3.05) is 25.2 Å². The van der Waals surface area contributed by atoms with Gasteiger partial charge in [0.1, 0.15) is 0 Å². The quantitative estimate of drug-likeness (QED) is 0.652. The van der Waals surface area contributed by atoms with Crippen molar-refractivity contribution in [3.05, 3.63) is 22.7 Å². The zero-order valence-electron chi connectivity index (χ0n) is 15.2. The molecule has 1 aromatic carbocycles. The maximum atomic E-state index is 12.3. The van der Waals surface area contributed by atoms with Gasteiger partial charge >= 0.3 is 0 Å². The number of hydrogen-bond donors (Lipinski definition) is 2. The molecule has 0 spiro atoms. The molecule has 1 unspecified atom stereocenters. The van der Waals surface area contributed by atoms with Crippen molar-refractivity contribution in [1.82, 2.24) is 10.9 Å². The number of hydrogen-bond acceptors (Lipinski definition) is 6. The van der Waals surface area contributed by atoms with Crippen LogP contribution in [-0.2, 0) is 14.6 Å². The van der Waals surface area contributed by atoms with Crippen LogP contribution in [0.5, 0.6) is 11.5 Å². The molecule has 1 heterocycles. The predicted octanol–water partition coefficient (Wildman–Crippen LogP) is 1.72. The first kappa shape index (κ1) is 21.3. The fraction of sp³-hybridized carbons (Fsp3) is 0.529. The van der Waals surface area contributed by atoms with Gasteiger partial charge in [-0.1, -0.05) is 18.5 Å². The Bertz CT molecular complexity index is 812. The summed E-state index contributed by atoms with van der Waals surface area (Å²) in [4.78, 5) is 24.2. The second kappa shape index (κ2) is 9.27. The summed E-state index contributed by atoms with van der Waals surface area (Å²) in [7, 11) is -1.61. The largest absolute Gasteiger partial charge is 0.493 e. The molecule has 1 saturated heterocycles. The number of nitrogens with one attached hydrogen (secondary N) is 2. The Hall–Kier alpha value is -2.00. The Morgan fingerprint density at radius 2 is 2.04 bits per heavy atom. The molecule has 1 aliphatic heterocycles. The molecule has 1 aliphatic rings. The smallest absolute Gasteiger partial charge is 0.269 e. The van der Waals surface area contributed by atoms with Crippen molar-refractivity contribution < 1.29 is 27.5 Å². The molecule has 10 heteroatoms. The molecular formula is C17H23ClN2O6S. The Morgan fingerprint density at radius 3 is 2.63 bits per heavy atom. The van der Waals surface area contributed by atoms with Crippen LogP contribution in [0, 0.1) is 5.92 Å². The number of carbonyl (C=O) groups excluding carboxylic acids is 2. The van der Waals surface area contributed by atoms with E-state index in [-0.39, 0.29) is 34.4 Å². The first-order valence-corrected chi connectivity index (χ1v) is 10.8. The molecule has 2 amide bonds. The Balaban J connectivity index is 1.95. The second-order valence-electron chi connectivity index (χ2n) is 6.31. The molecule has 0 saturated carbocycles. The standard InChI is InChI=1S/C17H23ClN2O6S/c1-3-5-26-16-13(18)8-12(9-14(16)25-2)17(22)20-19-15(21)7-11-4-6-27(23,24)10-11/h8-9,11H,3-7,10H2,1-2H3,(H,19,21)(H,20,22). The van der Waals surface area contributed by atoms with Crippen LogP contribution in [0.4, 0.5) is 0 Å². The average molecular weight is 419 g/mol. The van der Waals surface area contributed by atoms with Crippen LogP contribution in [0.2, 0.25) is 5.02 Å². The highest BCUT2D eigenvalue weighted by atomic mass is 35.5. The van der Waals surface area contributed by atoms with Crippen molar-refractivity contribution in [2.24, 2.45) is 5.92 Å². The maximum absolute atomic E-state index is 12.3. The summed E-state index contributed by atoms with van der Waals surface area (Å²) in [5.74, 6) is -0.497. The van der Waals surface area contributed by atoms with Crippen LogP contribution in [0.3, 0.4) is 0 Å². The Kier molecular flexibility index (Phi) is 7.32. The summed E-state index contributed by atoms with van der Waals surface area (Å²) < 4.78 is 33.6. The van der Waals surface area contributed by atoms with Gasteiger partial charge in [0.05, 0.1) is 30.2 Å². The number of rotatable bonds is 7. The van der Waals surface area contributed by atoms with E-state index in [2.05, 4.69) is 10.9 Å².